The molecule has 2 rings (SSSR count). The molecule has 2 aromatic rings. The van der Waals surface area contributed by atoms with Crippen LogP contribution < -0.4 is 0 Å². The molecule has 0 fully saturated rings. The summed E-state index contributed by atoms with van der Waals surface area (Å²) in [4.78, 5) is 3.68. The molecule has 0 spiro atoms. The number of halogens is 1. The number of nitrogens with zero attached hydrogens (tertiary/aromatic N) is 3. The molecule has 102 valence electrons. The molecule has 4 nitrogen and oxygen atoms in total. The van der Waals surface area contributed by atoms with Crippen molar-refractivity contribution in [2.24, 2.45) is 7.05 Å². The highest BCUT2D eigenvalue weighted by Gasteiger charge is 2.15. The van der Waals surface area contributed by atoms with Gasteiger partial charge in [-0.05, 0) is 38.3 Å². The monoisotopic (exact) mass is 263 g/mol. The summed E-state index contributed by atoms with van der Waals surface area (Å²) < 4.78 is 15.3. The van der Waals surface area contributed by atoms with E-state index < -0.39 is 11.9 Å². The Hall–Kier alpha value is -1.75. The van der Waals surface area contributed by atoms with Crippen LogP contribution in [0, 0.1) is 19.7 Å². The van der Waals surface area contributed by atoms with Crippen molar-refractivity contribution >= 4 is 0 Å². The molecule has 1 unspecified atom stereocenters. The SMILES string of the molecule is Cc1nn(C)c(C)c1CCC(O)c1ccncc1F. The second kappa shape index (κ2) is 5.48. The molecule has 2 heterocycles. The molecular formula is C14H18FN3O. The molecule has 5 heteroatoms. The molecule has 19 heavy (non-hydrogen) atoms. The maximum Gasteiger partial charge on any atom is 0.147 e. The predicted octanol–water partition coefficient (Wildman–Crippen LogP) is 2.24. The van der Waals surface area contributed by atoms with Crippen LogP contribution in [0.3, 0.4) is 0 Å². The van der Waals surface area contributed by atoms with Crippen LogP contribution in [0.25, 0.3) is 0 Å². The first-order chi connectivity index (χ1) is 9.00. The lowest BCUT2D eigenvalue weighted by Gasteiger charge is -2.11. The number of aliphatic hydroxyl groups excluding tert-OH is 1. The summed E-state index contributed by atoms with van der Waals surface area (Å²) in [5.74, 6) is -0.463. The molecule has 0 aliphatic heterocycles. The second-order valence-electron chi connectivity index (χ2n) is 4.72. The van der Waals surface area contributed by atoms with Gasteiger partial charge in [0.2, 0.25) is 0 Å². The van der Waals surface area contributed by atoms with Crippen LogP contribution in [0.1, 0.15) is 35.0 Å². The molecule has 0 saturated heterocycles. The van der Waals surface area contributed by atoms with Crippen LogP contribution in [0.5, 0.6) is 0 Å². The highest BCUT2D eigenvalue weighted by atomic mass is 19.1. The Morgan fingerprint density at radius 1 is 1.42 bits per heavy atom. The number of rotatable bonds is 4. The second-order valence-corrected chi connectivity index (χ2v) is 4.72. The van der Waals surface area contributed by atoms with Crippen LogP contribution in [-0.2, 0) is 13.5 Å². The van der Waals surface area contributed by atoms with Crippen molar-refractivity contribution in [3.05, 3.63) is 46.8 Å². The van der Waals surface area contributed by atoms with E-state index in [0.29, 0.717) is 18.4 Å². The number of pyridine rings is 1. The smallest absolute Gasteiger partial charge is 0.147 e. The average molecular weight is 263 g/mol. The first-order valence-electron chi connectivity index (χ1n) is 6.27. The molecular weight excluding hydrogens is 245 g/mol. The van der Waals surface area contributed by atoms with Gasteiger partial charge >= 0.3 is 0 Å². The molecule has 0 aromatic carbocycles. The zero-order valence-corrected chi connectivity index (χ0v) is 11.4. The lowest BCUT2D eigenvalue weighted by Crippen LogP contribution is -2.04. The summed E-state index contributed by atoms with van der Waals surface area (Å²) in [6.07, 6.45) is 2.94. The molecule has 2 aromatic heterocycles. The summed E-state index contributed by atoms with van der Waals surface area (Å²) in [5.41, 5.74) is 3.47. The highest BCUT2D eigenvalue weighted by Crippen LogP contribution is 2.23. The zero-order valence-electron chi connectivity index (χ0n) is 11.4. The summed E-state index contributed by atoms with van der Waals surface area (Å²) in [6.45, 7) is 3.94. The van der Waals surface area contributed by atoms with Crippen LogP contribution in [0.4, 0.5) is 4.39 Å². The molecule has 0 saturated carbocycles. The van der Waals surface area contributed by atoms with E-state index in [4.69, 9.17) is 0 Å². The van der Waals surface area contributed by atoms with E-state index in [0.717, 1.165) is 23.1 Å². The molecule has 0 aliphatic carbocycles. The average Bonchev–Trinajstić information content (AvgIpc) is 2.61. The van der Waals surface area contributed by atoms with Crippen molar-refractivity contribution in [1.82, 2.24) is 14.8 Å². The minimum absolute atomic E-state index is 0.300. The van der Waals surface area contributed by atoms with Crippen LogP contribution in [0.2, 0.25) is 0 Å². The van der Waals surface area contributed by atoms with E-state index in [9.17, 15) is 9.50 Å². The van der Waals surface area contributed by atoms with Gasteiger partial charge in [-0.2, -0.15) is 5.10 Å². The standard InChI is InChI=1S/C14H18FN3O/c1-9-11(10(2)18(3)17-9)4-5-14(19)12-6-7-16-8-13(12)15/h6-8,14,19H,4-5H2,1-3H3. The van der Waals surface area contributed by atoms with Crippen molar-refractivity contribution in [2.45, 2.75) is 32.8 Å². The van der Waals surface area contributed by atoms with E-state index in [1.54, 1.807) is 0 Å². The van der Waals surface area contributed by atoms with Crippen molar-refractivity contribution < 1.29 is 9.50 Å². The maximum atomic E-state index is 13.5. The minimum atomic E-state index is -0.818. The molecule has 1 atom stereocenters. The minimum Gasteiger partial charge on any atom is -0.388 e. The molecule has 1 N–H and O–H groups in total. The van der Waals surface area contributed by atoms with Crippen LogP contribution in [0.15, 0.2) is 18.5 Å². The third kappa shape index (κ3) is 2.81. The van der Waals surface area contributed by atoms with Gasteiger partial charge in [-0.25, -0.2) is 4.39 Å². The Morgan fingerprint density at radius 2 is 2.16 bits per heavy atom. The third-order valence-corrected chi connectivity index (χ3v) is 3.49. The summed E-state index contributed by atoms with van der Waals surface area (Å²) >= 11 is 0. The van der Waals surface area contributed by atoms with E-state index in [1.807, 2.05) is 25.6 Å². The van der Waals surface area contributed by atoms with Crippen molar-refractivity contribution in [3.63, 3.8) is 0 Å². The predicted molar refractivity (Wildman–Crippen MR) is 70.2 cm³/mol. The number of hydrogen-bond acceptors (Lipinski definition) is 3. The Kier molecular flexibility index (Phi) is 3.95. The van der Waals surface area contributed by atoms with Gasteiger partial charge in [0.15, 0.2) is 0 Å². The van der Waals surface area contributed by atoms with Gasteiger partial charge in [-0.3, -0.25) is 9.67 Å². The normalized spacial score (nSPS) is 12.7. The number of aryl methyl sites for hydroxylation is 2. The zero-order chi connectivity index (χ0) is 14.0. The van der Waals surface area contributed by atoms with Gasteiger partial charge < -0.3 is 5.11 Å². The van der Waals surface area contributed by atoms with Crippen LogP contribution in [-0.4, -0.2) is 19.9 Å². The fourth-order valence-corrected chi connectivity index (χ4v) is 2.27. The highest BCUT2D eigenvalue weighted by molar-refractivity contribution is 5.25. The van der Waals surface area contributed by atoms with Gasteiger partial charge in [0.05, 0.1) is 18.0 Å². The maximum absolute atomic E-state index is 13.5. The van der Waals surface area contributed by atoms with Crippen LogP contribution >= 0.6 is 0 Å². The Balaban J connectivity index is 2.09. The summed E-state index contributed by atoms with van der Waals surface area (Å²) in [5, 5.41) is 14.4. The quantitative estimate of drug-likeness (QED) is 0.920. The molecule has 0 aliphatic rings. The topological polar surface area (TPSA) is 50.9 Å². The molecule has 0 amide bonds. The van der Waals surface area contributed by atoms with Gasteiger partial charge in [0.1, 0.15) is 5.82 Å². The number of aromatic nitrogens is 3. The Labute approximate surface area is 111 Å². The van der Waals surface area contributed by atoms with E-state index in [1.165, 1.54) is 12.3 Å². The number of aliphatic hydroxyl groups is 1. The Morgan fingerprint density at radius 3 is 2.74 bits per heavy atom. The molecule has 0 bridgehead atoms. The van der Waals surface area contributed by atoms with E-state index in [2.05, 4.69) is 10.1 Å². The van der Waals surface area contributed by atoms with E-state index in [-0.39, 0.29) is 0 Å². The van der Waals surface area contributed by atoms with Gasteiger partial charge in [-0.15, -0.1) is 0 Å². The van der Waals surface area contributed by atoms with E-state index >= 15 is 0 Å². The third-order valence-electron chi connectivity index (χ3n) is 3.49. The lowest BCUT2D eigenvalue weighted by molar-refractivity contribution is 0.163. The van der Waals surface area contributed by atoms with Gasteiger partial charge in [-0.1, -0.05) is 0 Å². The Bertz CT molecular complexity index is 580. The first kappa shape index (κ1) is 13.7. The summed E-state index contributed by atoms with van der Waals surface area (Å²) in [6, 6.07) is 1.52. The van der Waals surface area contributed by atoms with Gasteiger partial charge in [0, 0.05) is 24.5 Å². The summed E-state index contributed by atoms with van der Waals surface area (Å²) in [7, 11) is 1.89. The van der Waals surface area contributed by atoms with Crippen molar-refractivity contribution in [2.75, 3.05) is 0 Å². The molecule has 0 radical (unpaired) electrons. The van der Waals surface area contributed by atoms with Gasteiger partial charge in [0.25, 0.3) is 0 Å². The largest absolute Gasteiger partial charge is 0.388 e. The lowest BCUT2D eigenvalue weighted by atomic mass is 10.0. The fourth-order valence-electron chi connectivity index (χ4n) is 2.27. The van der Waals surface area contributed by atoms with Crippen molar-refractivity contribution in [3.8, 4) is 0 Å². The number of hydrogen-bond donors (Lipinski definition) is 1. The van der Waals surface area contributed by atoms with Crippen molar-refractivity contribution in [1.29, 1.82) is 0 Å². The first-order valence-corrected chi connectivity index (χ1v) is 6.27. The fraction of sp³-hybridized carbons (Fsp3) is 0.429.